The van der Waals surface area contributed by atoms with Crippen LogP contribution >= 0.6 is 23.1 Å². The average Bonchev–Trinajstić information content (AvgIpc) is 3.07. The average molecular weight is 446 g/mol. The first-order valence-electron chi connectivity index (χ1n) is 8.06. The van der Waals surface area contributed by atoms with Gasteiger partial charge in [-0.3, -0.25) is 10.1 Å². The smallest absolute Gasteiger partial charge is 0.413 e. The highest BCUT2D eigenvalue weighted by molar-refractivity contribution is 8.01. The van der Waals surface area contributed by atoms with Gasteiger partial charge in [0.15, 0.2) is 4.34 Å². The first kappa shape index (κ1) is 22.1. The molecule has 2 rings (SSSR count). The maximum Gasteiger partial charge on any atom is 0.413 e. The molecule has 0 spiro atoms. The quantitative estimate of drug-likeness (QED) is 0.384. The minimum Gasteiger partial charge on any atom is -0.450 e. The fourth-order valence-corrected chi connectivity index (χ4v) is 4.03. The van der Waals surface area contributed by atoms with Crippen LogP contribution in [0.15, 0.2) is 33.5 Å². The molecule has 0 aliphatic carbocycles. The van der Waals surface area contributed by atoms with E-state index in [4.69, 9.17) is 9.88 Å². The number of amides is 2. The Morgan fingerprint density at radius 2 is 1.96 bits per heavy atom. The molecule has 1 aromatic heterocycles. The van der Waals surface area contributed by atoms with Gasteiger partial charge in [-0.05, 0) is 31.0 Å². The number of thioether (sulfide) groups is 1. The highest BCUT2D eigenvalue weighted by atomic mass is 32.2. The number of anilines is 1. The number of benzene rings is 1. The number of carbonyl (C=O) groups is 2. The summed E-state index contributed by atoms with van der Waals surface area (Å²) in [6.45, 7) is 2.35. The Kier molecular flexibility index (Phi) is 8.17. The summed E-state index contributed by atoms with van der Waals surface area (Å²) in [5, 5.41) is 18.2. The van der Waals surface area contributed by atoms with Crippen LogP contribution in [0.3, 0.4) is 0 Å². The van der Waals surface area contributed by atoms with Gasteiger partial charge in [-0.1, -0.05) is 35.2 Å². The van der Waals surface area contributed by atoms with E-state index in [1.54, 1.807) is 19.1 Å². The van der Waals surface area contributed by atoms with Gasteiger partial charge in [0.25, 0.3) is 0 Å². The molecule has 0 fully saturated rings. The second kappa shape index (κ2) is 10.4. The van der Waals surface area contributed by atoms with Crippen LogP contribution in [-0.2, 0) is 26.0 Å². The molecule has 4 N–H and O–H groups in total. The van der Waals surface area contributed by atoms with Crippen LogP contribution in [-0.4, -0.2) is 49.5 Å². The van der Waals surface area contributed by atoms with E-state index < -0.39 is 16.1 Å². The molecule has 2 aromatic rings. The number of carbonyl (C=O) groups excluding carboxylic acids is 2. The van der Waals surface area contributed by atoms with E-state index in [1.807, 2.05) is 0 Å². The lowest BCUT2D eigenvalue weighted by atomic mass is 10.1. The van der Waals surface area contributed by atoms with Gasteiger partial charge in [-0.25, -0.2) is 18.4 Å². The van der Waals surface area contributed by atoms with E-state index in [1.165, 1.54) is 23.9 Å². The maximum absolute atomic E-state index is 11.9. The van der Waals surface area contributed by atoms with Gasteiger partial charge in [-0.15, -0.1) is 10.2 Å². The number of rotatable bonds is 9. The molecule has 0 unspecified atom stereocenters. The van der Waals surface area contributed by atoms with Crippen molar-refractivity contribution in [1.82, 2.24) is 15.5 Å². The highest BCUT2D eigenvalue weighted by Crippen LogP contribution is 2.25. The molecule has 10 nitrogen and oxygen atoms in total. The first-order chi connectivity index (χ1) is 13.3. The Balaban J connectivity index is 1.70. The Hall–Kier alpha value is -2.22. The fraction of sp³-hybridized carbons (Fsp3) is 0.333. The number of nitrogens with two attached hydrogens (primary N) is 1. The van der Waals surface area contributed by atoms with Crippen molar-refractivity contribution in [2.75, 3.05) is 24.2 Å². The lowest BCUT2D eigenvalue weighted by Gasteiger charge is -2.05. The number of primary sulfonamides is 1. The van der Waals surface area contributed by atoms with Crippen molar-refractivity contribution in [2.24, 2.45) is 5.14 Å². The fourth-order valence-electron chi connectivity index (χ4n) is 1.94. The van der Waals surface area contributed by atoms with Crippen molar-refractivity contribution >= 4 is 50.3 Å². The van der Waals surface area contributed by atoms with Crippen LogP contribution in [0.1, 0.15) is 12.5 Å². The molecule has 0 atom stereocenters. The van der Waals surface area contributed by atoms with Crippen LogP contribution < -0.4 is 15.8 Å². The molecule has 1 aromatic carbocycles. The third-order valence-electron chi connectivity index (χ3n) is 3.21. The van der Waals surface area contributed by atoms with Gasteiger partial charge in [-0.2, -0.15) is 0 Å². The molecule has 2 amide bonds. The van der Waals surface area contributed by atoms with Crippen molar-refractivity contribution in [1.29, 1.82) is 0 Å². The van der Waals surface area contributed by atoms with Crippen LogP contribution in [0.4, 0.5) is 9.93 Å². The summed E-state index contributed by atoms with van der Waals surface area (Å²) in [7, 11) is -3.71. The number of aromatic nitrogens is 2. The highest BCUT2D eigenvalue weighted by Gasteiger charge is 2.11. The number of hydrogen-bond acceptors (Lipinski definition) is 9. The molecule has 0 saturated carbocycles. The third-order valence-corrected chi connectivity index (χ3v) is 6.11. The summed E-state index contributed by atoms with van der Waals surface area (Å²) < 4.78 is 27.7. The van der Waals surface area contributed by atoms with Crippen molar-refractivity contribution in [2.45, 2.75) is 22.6 Å². The third kappa shape index (κ3) is 7.42. The lowest BCUT2D eigenvalue weighted by molar-refractivity contribution is -0.118. The molecule has 28 heavy (non-hydrogen) atoms. The largest absolute Gasteiger partial charge is 0.450 e. The van der Waals surface area contributed by atoms with E-state index in [-0.39, 0.29) is 23.2 Å². The van der Waals surface area contributed by atoms with Gasteiger partial charge in [0.05, 0.1) is 17.3 Å². The molecule has 1 heterocycles. The Labute approximate surface area is 170 Å². The standard InChI is InChI=1S/C15H19N5O5S3/c1-2-25-14(22)18-13-19-20-15(27-13)26-9-12(21)17-8-7-10-3-5-11(6-4-10)28(16,23)24/h3-6H,2,7-9H2,1H3,(H,17,21)(H2,16,23,24)(H,18,19,22). The molecule has 13 heteroatoms. The van der Waals surface area contributed by atoms with Crippen LogP contribution in [0.5, 0.6) is 0 Å². The zero-order chi connectivity index (χ0) is 20.6. The lowest BCUT2D eigenvalue weighted by Crippen LogP contribution is -2.27. The zero-order valence-corrected chi connectivity index (χ0v) is 17.3. The van der Waals surface area contributed by atoms with Crippen molar-refractivity contribution in [3.8, 4) is 0 Å². The maximum atomic E-state index is 11.9. The summed E-state index contributed by atoms with van der Waals surface area (Å²) in [6.07, 6.45) is -0.0571. The second-order valence-corrected chi connectivity index (χ2v) is 9.06. The van der Waals surface area contributed by atoms with Crippen molar-refractivity contribution < 1.29 is 22.7 Å². The Morgan fingerprint density at radius 1 is 1.25 bits per heavy atom. The van der Waals surface area contributed by atoms with Crippen LogP contribution in [0.2, 0.25) is 0 Å². The van der Waals surface area contributed by atoms with Crippen LogP contribution in [0.25, 0.3) is 0 Å². The second-order valence-electron chi connectivity index (χ2n) is 5.30. The van der Waals surface area contributed by atoms with E-state index in [0.717, 1.165) is 16.9 Å². The summed E-state index contributed by atoms with van der Waals surface area (Å²) in [5.41, 5.74) is 0.874. The molecule has 0 aliphatic heterocycles. The number of nitrogens with zero attached hydrogens (tertiary/aromatic N) is 2. The van der Waals surface area contributed by atoms with Gasteiger partial charge < -0.3 is 10.1 Å². The molecule has 0 saturated heterocycles. The van der Waals surface area contributed by atoms with Gasteiger partial charge in [0, 0.05) is 6.54 Å². The van der Waals surface area contributed by atoms with Gasteiger partial charge >= 0.3 is 6.09 Å². The predicted molar refractivity (Wildman–Crippen MR) is 106 cm³/mol. The van der Waals surface area contributed by atoms with Crippen molar-refractivity contribution in [3.63, 3.8) is 0 Å². The summed E-state index contributed by atoms with van der Waals surface area (Å²) in [5.74, 6) is -0.0282. The monoisotopic (exact) mass is 445 g/mol. The van der Waals surface area contributed by atoms with E-state index >= 15 is 0 Å². The predicted octanol–water partition coefficient (Wildman–Crippen LogP) is 1.20. The minimum atomic E-state index is -3.71. The molecule has 0 bridgehead atoms. The first-order valence-corrected chi connectivity index (χ1v) is 11.4. The van der Waals surface area contributed by atoms with Crippen molar-refractivity contribution in [3.05, 3.63) is 29.8 Å². The topological polar surface area (TPSA) is 153 Å². The van der Waals surface area contributed by atoms with E-state index in [2.05, 4.69) is 20.8 Å². The number of sulfonamides is 1. The SMILES string of the molecule is CCOC(=O)Nc1nnc(SCC(=O)NCCc2ccc(S(N)(=O)=O)cc2)s1. The van der Waals surface area contributed by atoms with E-state index in [0.29, 0.717) is 22.4 Å². The molecule has 0 aliphatic rings. The zero-order valence-electron chi connectivity index (χ0n) is 14.9. The molecular weight excluding hydrogens is 426 g/mol. The number of ether oxygens (including phenoxy) is 1. The van der Waals surface area contributed by atoms with Crippen LogP contribution in [0, 0.1) is 0 Å². The van der Waals surface area contributed by atoms with Gasteiger partial charge in [0.1, 0.15) is 0 Å². The number of nitrogens with one attached hydrogen (secondary N) is 2. The number of hydrogen-bond donors (Lipinski definition) is 3. The summed E-state index contributed by atoms with van der Waals surface area (Å²) in [6, 6.07) is 6.17. The van der Waals surface area contributed by atoms with E-state index in [9.17, 15) is 18.0 Å². The normalized spacial score (nSPS) is 11.1. The Bertz CT molecular complexity index is 914. The summed E-state index contributed by atoms with van der Waals surface area (Å²) in [4.78, 5) is 23.2. The molecule has 0 radical (unpaired) electrons. The summed E-state index contributed by atoms with van der Waals surface area (Å²) >= 11 is 2.34. The van der Waals surface area contributed by atoms with Gasteiger partial charge in [0.2, 0.25) is 21.1 Å². The Morgan fingerprint density at radius 3 is 2.61 bits per heavy atom. The molecule has 152 valence electrons. The minimum absolute atomic E-state index is 0.0468. The molecular formula is C15H19N5O5S3.